The predicted octanol–water partition coefficient (Wildman–Crippen LogP) is 2.54. The van der Waals surface area contributed by atoms with E-state index in [4.69, 9.17) is 17.3 Å². The highest BCUT2D eigenvalue weighted by molar-refractivity contribution is 7.73. The molecule has 0 radical (unpaired) electrons. The Morgan fingerprint density at radius 2 is 2.40 bits per heavy atom. The maximum atomic E-state index is 9.13. The van der Waals surface area contributed by atoms with Gasteiger partial charge in [-0.3, -0.25) is 0 Å². The van der Waals surface area contributed by atoms with E-state index in [1.54, 1.807) is 0 Å². The molecule has 0 fully saturated rings. The van der Waals surface area contributed by atoms with Crippen molar-refractivity contribution in [1.82, 2.24) is 4.98 Å². The van der Waals surface area contributed by atoms with Crippen LogP contribution in [-0.2, 0) is 0 Å². The van der Waals surface area contributed by atoms with Gasteiger partial charge in [-0.15, -0.1) is 11.3 Å². The number of allylic oxidation sites excluding steroid dienone is 1. The summed E-state index contributed by atoms with van der Waals surface area (Å²) in [5.41, 5.74) is 0.829. The Balaban J connectivity index is 3.28. The van der Waals surface area contributed by atoms with Crippen molar-refractivity contribution in [1.29, 1.82) is 0 Å². The van der Waals surface area contributed by atoms with E-state index in [9.17, 15) is 0 Å². The molecule has 0 aromatic carbocycles. The molecule has 0 bridgehead atoms. The van der Waals surface area contributed by atoms with Crippen molar-refractivity contribution in [3.63, 3.8) is 0 Å². The molecule has 2 nitrogen and oxygen atoms in total. The van der Waals surface area contributed by atoms with Crippen LogP contribution in [0.25, 0.3) is 5.57 Å². The van der Waals surface area contributed by atoms with Crippen molar-refractivity contribution in [2.45, 2.75) is 6.92 Å². The van der Waals surface area contributed by atoms with Gasteiger partial charge in [0.05, 0.1) is 4.88 Å². The Bertz CT molecular complexity index is 310. The second-order valence-electron chi connectivity index (χ2n) is 1.97. The first kappa shape index (κ1) is 7.50. The lowest BCUT2D eigenvalue weighted by Crippen LogP contribution is -1.69. The van der Waals surface area contributed by atoms with Gasteiger partial charge in [0, 0.05) is 0 Å². The number of rotatable bonds is 1. The minimum Gasteiger partial charge on any atom is -0.494 e. The largest absolute Gasteiger partial charge is 0.494 e. The zero-order valence-electron chi connectivity index (χ0n) is 5.47. The first-order chi connectivity index (χ1) is 4.61. The van der Waals surface area contributed by atoms with E-state index in [0.717, 1.165) is 10.5 Å². The van der Waals surface area contributed by atoms with Crippen molar-refractivity contribution in [3.05, 3.63) is 15.4 Å². The summed E-state index contributed by atoms with van der Waals surface area (Å²) in [5.74, 6) is 0.127. The van der Waals surface area contributed by atoms with E-state index in [1.807, 2.05) is 6.92 Å². The van der Waals surface area contributed by atoms with Crippen molar-refractivity contribution < 1.29 is 5.11 Å². The molecule has 4 heteroatoms. The smallest absolute Gasteiger partial charge is 0.208 e. The fraction of sp³-hybridized carbons (Fsp3) is 0.167. The lowest BCUT2D eigenvalue weighted by atomic mass is 10.3. The highest BCUT2D eigenvalue weighted by Gasteiger charge is 2.03. The molecular weight excluding hydrogens is 166 g/mol. The summed E-state index contributed by atoms with van der Waals surface area (Å²) in [7, 11) is 0. The highest BCUT2D eigenvalue weighted by atomic mass is 32.1. The standard InChI is InChI=1S/C6H7NOS2/c1-3(2)4-5(8)7-6(9)10-4/h8H,1H2,2H3,(H,7,9). The number of aromatic hydroxyl groups is 1. The SMILES string of the molecule is C=C(C)c1sc(=S)[nH]c1O. The lowest BCUT2D eigenvalue weighted by molar-refractivity contribution is 0.455. The maximum absolute atomic E-state index is 9.13. The predicted molar refractivity (Wildman–Crippen MR) is 45.9 cm³/mol. The van der Waals surface area contributed by atoms with Gasteiger partial charge in [-0.25, -0.2) is 0 Å². The van der Waals surface area contributed by atoms with Gasteiger partial charge in [-0.2, -0.15) is 0 Å². The first-order valence-electron chi connectivity index (χ1n) is 2.69. The Hall–Kier alpha value is -0.610. The number of aromatic nitrogens is 1. The summed E-state index contributed by atoms with van der Waals surface area (Å²) in [6, 6.07) is 0. The van der Waals surface area contributed by atoms with E-state index < -0.39 is 0 Å². The minimum atomic E-state index is 0.127. The van der Waals surface area contributed by atoms with Gasteiger partial charge >= 0.3 is 0 Å². The van der Waals surface area contributed by atoms with Crippen LogP contribution in [0.15, 0.2) is 6.58 Å². The Labute approximate surface area is 67.8 Å². The van der Waals surface area contributed by atoms with Gasteiger partial charge < -0.3 is 10.1 Å². The number of hydrogen-bond donors (Lipinski definition) is 2. The summed E-state index contributed by atoms with van der Waals surface area (Å²) < 4.78 is 0.579. The molecule has 0 atom stereocenters. The van der Waals surface area contributed by atoms with Crippen LogP contribution in [0.2, 0.25) is 0 Å². The van der Waals surface area contributed by atoms with Crippen LogP contribution in [0, 0.1) is 3.95 Å². The van der Waals surface area contributed by atoms with E-state index in [-0.39, 0.29) is 5.88 Å². The molecule has 0 amide bonds. The second kappa shape index (κ2) is 2.56. The van der Waals surface area contributed by atoms with Crippen molar-refractivity contribution in [3.8, 4) is 5.88 Å². The second-order valence-corrected chi connectivity index (χ2v) is 3.66. The zero-order valence-corrected chi connectivity index (χ0v) is 7.10. The van der Waals surface area contributed by atoms with E-state index in [1.165, 1.54) is 11.3 Å². The van der Waals surface area contributed by atoms with Crippen molar-refractivity contribution in [2.75, 3.05) is 0 Å². The monoisotopic (exact) mass is 173 g/mol. The summed E-state index contributed by atoms with van der Waals surface area (Å²) >= 11 is 6.13. The van der Waals surface area contributed by atoms with Crippen molar-refractivity contribution in [2.24, 2.45) is 0 Å². The Morgan fingerprint density at radius 1 is 1.80 bits per heavy atom. The quantitative estimate of drug-likeness (QED) is 0.640. The van der Waals surface area contributed by atoms with Crippen LogP contribution >= 0.6 is 23.6 Å². The average molecular weight is 173 g/mol. The van der Waals surface area contributed by atoms with Gasteiger partial charge in [0.15, 0.2) is 3.95 Å². The zero-order chi connectivity index (χ0) is 7.72. The van der Waals surface area contributed by atoms with E-state index in [0.29, 0.717) is 3.95 Å². The van der Waals surface area contributed by atoms with Crippen LogP contribution < -0.4 is 0 Å². The fourth-order valence-corrected chi connectivity index (χ4v) is 1.61. The van der Waals surface area contributed by atoms with Gasteiger partial charge in [0.1, 0.15) is 0 Å². The van der Waals surface area contributed by atoms with Crippen LogP contribution in [0.3, 0.4) is 0 Å². The molecule has 0 saturated carbocycles. The number of thiazole rings is 1. The fourth-order valence-electron chi connectivity index (χ4n) is 0.609. The van der Waals surface area contributed by atoms with Gasteiger partial charge in [0.2, 0.25) is 5.88 Å². The summed E-state index contributed by atoms with van der Waals surface area (Å²) in [5, 5.41) is 9.13. The Morgan fingerprint density at radius 3 is 2.60 bits per heavy atom. The molecule has 54 valence electrons. The molecule has 0 aliphatic carbocycles. The molecule has 0 unspecified atom stereocenters. The van der Waals surface area contributed by atoms with E-state index >= 15 is 0 Å². The minimum absolute atomic E-state index is 0.127. The van der Waals surface area contributed by atoms with Crippen LogP contribution in [0.4, 0.5) is 0 Å². The topological polar surface area (TPSA) is 36.0 Å². The molecule has 1 rings (SSSR count). The number of H-pyrrole nitrogens is 1. The molecule has 1 aromatic heterocycles. The van der Waals surface area contributed by atoms with Gasteiger partial charge in [-0.1, -0.05) is 6.58 Å². The molecule has 2 N–H and O–H groups in total. The molecule has 0 aliphatic heterocycles. The van der Waals surface area contributed by atoms with Crippen molar-refractivity contribution >= 4 is 29.1 Å². The molecule has 0 aliphatic rings. The molecule has 1 heterocycles. The average Bonchev–Trinajstić information content (AvgIpc) is 2.10. The number of hydrogen-bond acceptors (Lipinski definition) is 3. The van der Waals surface area contributed by atoms with Crippen LogP contribution in [0.5, 0.6) is 5.88 Å². The third-order valence-corrected chi connectivity index (χ3v) is 2.40. The summed E-state index contributed by atoms with van der Waals surface area (Å²) in [6.07, 6.45) is 0. The summed E-state index contributed by atoms with van der Waals surface area (Å²) in [4.78, 5) is 3.36. The number of nitrogens with one attached hydrogen (secondary N) is 1. The maximum Gasteiger partial charge on any atom is 0.208 e. The Kier molecular flexibility index (Phi) is 1.92. The third-order valence-electron chi connectivity index (χ3n) is 1.02. The van der Waals surface area contributed by atoms with E-state index in [2.05, 4.69) is 11.6 Å². The molecular formula is C6H7NOS2. The molecule has 0 spiro atoms. The summed E-state index contributed by atoms with van der Waals surface area (Å²) in [6.45, 7) is 5.51. The van der Waals surface area contributed by atoms with Gasteiger partial charge in [-0.05, 0) is 24.7 Å². The molecule has 1 aromatic rings. The van der Waals surface area contributed by atoms with Gasteiger partial charge in [0.25, 0.3) is 0 Å². The molecule has 10 heavy (non-hydrogen) atoms. The third kappa shape index (κ3) is 1.27. The van der Waals surface area contributed by atoms with Crippen LogP contribution in [-0.4, -0.2) is 10.1 Å². The van der Waals surface area contributed by atoms with Crippen LogP contribution in [0.1, 0.15) is 11.8 Å². The number of aromatic amines is 1. The first-order valence-corrected chi connectivity index (χ1v) is 3.91. The molecule has 0 saturated heterocycles. The highest BCUT2D eigenvalue weighted by Crippen LogP contribution is 2.27. The lowest BCUT2D eigenvalue weighted by Gasteiger charge is -1.90. The normalized spacial score (nSPS) is 9.70.